The molecule has 2 aromatic heterocycles. The zero-order valence-electron chi connectivity index (χ0n) is 14.8. The lowest BCUT2D eigenvalue weighted by Gasteiger charge is -2.22. The molecule has 0 aliphatic carbocycles. The van der Waals surface area contributed by atoms with Crippen molar-refractivity contribution >= 4 is 50.4 Å². The molecule has 1 fully saturated rings. The molecule has 0 saturated carbocycles. The van der Waals surface area contributed by atoms with Crippen LogP contribution in [0.5, 0.6) is 0 Å². The number of rotatable bonds is 3. The van der Waals surface area contributed by atoms with Gasteiger partial charge in [-0.25, -0.2) is 9.97 Å². The van der Waals surface area contributed by atoms with E-state index in [0.717, 1.165) is 45.2 Å². The fraction of sp³-hybridized carbons (Fsp3) is 0.190. The van der Waals surface area contributed by atoms with Crippen LogP contribution in [0.2, 0.25) is 5.02 Å². The lowest BCUT2D eigenvalue weighted by molar-refractivity contribution is 0.0730. The maximum absolute atomic E-state index is 13.2. The molecule has 0 unspecified atom stereocenters. The third kappa shape index (κ3) is 3.21. The summed E-state index contributed by atoms with van der Waals surface area (Å²) in [5, 5.41) is 4.38. The summed E-state index contributed by atoms with van der Waals surface area (Å²) in [5.74, 6) is -0.0155. The van der Waals surface area contributed by atoms with E-state index in [-0.39, 0.29) is 11.9 Å². The highest BCUT2D eigenvalue weighted by molar-refractivity contribution is 7.18. The van der Waals surface area contributed by atoms with Gasteiger partial charge in [0.05, 0.1) is 16.3 Å². The first-order chi connectivity index (χ1) is 13.7. The molecule has 0 spiro atoms. The SMILES string of the molecule is O=C(c1csc(-c2ccc(Cl)cc2)n1)N1CCC[C@@H]1c1nc2ccccc2s1. The van der Waals surface area contributed by atoms with Crippen molar-refractivity contribution < 1.29 is 4.79 Å². The van der Waals surface area contributed by atoms with E-state index < -0.39 is 0 Å². The number of benzene rings is 2. The van der Waals surface area contributed by atoms with E-state index in [1.807, 2.05) is 52.7 Å². The van der Waals surface area contributed by atoms with Gasteiger partial charge in [0, 0.05) is 22.5 Å². The molecule has 1 atom stereocenters. The Morgan fingerprint density at radius 1 is 1.11 bits per heavy atom. The summed E-state index contributed by atoms with van der Waals surface area (Å²) >= 11 is 9.12. The van der Waals surface area contributed by atoms with Crippen LogP contribution in [0.25, 0.3) is 20.8 Å². The van der Waals surface area contributed by atoms with E-state index in [1.165, 1.54) is 11.3 Å². The molecule has 1 saturated heterocycles. The number of amides is 1. The summed E-state index contributed by atoms with van der Waals surface area (Å²) < 4.78 is 1.16. The van der Waals surface area contributed by atoms with Gasteiger partial charge >= 0.3 is 0 Å². The van der Waals surface area contributed by atoms with Gasteiger partial charge in [0.2, 0.25) is 0 Å². The summed E-state index contributed by atoms with van der Waals surface area (Å²) in [4.78, 5) is 24.5. The molecule has 0 bridgehead atoms. The van der Waals surface area contributed by atoms with Crippen LogP contribution in [0.4, 0.5) is 0 Å². The van der Waals surface area contributed by atoms with Crippen LogP contribution in [0.3, 0.4) is 0 Å². The molecule has 1 amide bonds. The number of hydrogen-bond donors (Lipinski definition) is 0. The van der Waals surface area contributed by atoms with Crippen LogP contribution < -0.4 is 0 Å². The van der Waals surface area contributed by atoms with Crippen LogP contribution in [-0.2, 0) is 0 Å². The minimum Gasteiger partial charge on any atom is -0.328 e. The number of hydrogen-bond acceptors (Lipinski definition) is 5. The molecule has 2 aromatic carbocycles. The van der Waals surface area contributed by atoms with Crippen molar-refractivity contribution in [1.82, 2.24) is 14.9 Å². The Bertz CT molecular complexity index is 1120. The molecule has 5 rings (SSSR count). The highest BCUT2D eigenvalue weighted by atomic mass is 35.5. The molecule has 4 aromatic rings. The fourth-order valence-corrected chi connectivity index (χ4v) is 5.58. The van der Waals surface area contributed by atoms with Crippen molar-refractivity contribution in [2.45, 2.75) is 18.9 Å². The number of para-hydroxylation sites is 1. The zero-order valence-corrected chi connectivity index (χ0v) is 17.2. The third-order valence-electron chi connectivity index (χ3n) is 4.92. The second kappa shape index (κ2) is 7.28. The Kier molecular flexibility index (Phi) is 4.62. The predicted molar refractivity (Wildman–Crippen MR) is 115 cm³/mol. The first-order valence-corrected chi connectivity index (χ1v) is 11.1. The molecule has 28 heavy (non-hydrogen) atoms. The van der Waals surface area contributed by atoms with E-state index in [2.05, 4.69) is 11.1 Å². The lowest BCUT2D eigenvalue weighted by Crippen LogP contribution is -2.30. The Balaban J connectivity index is 1.42. The topological polar surface area (TPSA) is 46.1 Å². The van der Waals surface area contributed by atoms with Gasteiger partial charge in [-0.15, -0.1) is 22.7 Å². The standard InChI is InChI=1S/C21H16ClN3OS2/c22-14-9-7-13(8-10-14)19-24-16(12-27-19)21(26)25-11-3-5-17(25)20-23-15-4-1-2-6-18(15)28-20/h1-2,4,6-10,12,17H,3,5,11H2/t17-/m1/s1. The smallest absolute Gasteiger partial charge is 0.273 e. The van der Waals surface area contributed by atoms with Crippen molar-refractivity contribution in [3.8, 4) is 10.6 Å². The second-order valence-electron chi connectivity index (χ2n) is 6.72. The third-order valence-corrected chi connectivity index (χ3v) is 7.20. The van der Waals surface area contributed by atoms with Crippen LogP contribution in [0.1, 0.15) is 34.4 Å². The monoisotopic (exact) mass is 425 g/mol. The van der Waals surface area contributed by atoms with Crippen LogP contribution >= 0.6 is 34.3 Å². The minimum absolute atomic E-state index is 0.0155. The molecule has 4 nitrogen and oxygen atoms in total. The number of carbonyl (C=O) groups excluding carboxylic acids is 1. The average Bonchev–Trinajstić information content (AvgIpc) is 3.46. The van der Waals surface area contributed by atoms with E-state index in [0.29, 0.717) is 10.7 Å². The van der Waals surface area contributed by atoms with Gasteiger partial charge < -0.3 is 4.90 Å². The summed E-state index contributed by atoms with van der Waals surface area (Å²) in [6.45, 7) is 0.743. The number of nitrogens with zero attached hydrogens (tertiary/aromatic N) is 3. The quantitative estimate of drug-likeness (QED) is 0.401. The molecular weight excluding hydrogens is 410 g/mol. The Hall–Kier alpha value is -2.28. The first kappa shape index (κ1) is 17.8. The zero-order chi connectivity index (χ0) is 19.1. The average molecular weight is 426 g/mol. The van der Waals surface area contributed by atoms with Gasteiger partial charge in [0.25, 0.3) is 5.91 Å². The number of aromatic nitrogens is 2. The normalized spacial score (nSPS) is 16.8. The first-order valence-electron chi connectivity index (χ1n) is 9.07. The summed E-state index contributed by atoms with van der Waals surface area (Å²) in [6, 6.07) is 15.7. The van der Waals surface area contributed by atoms with Crippen molar-refractivity contribution in [1.29, 1.82) is 0 Å². The number of halogens is 1. The molecule has 140 valence electrons. The molecular formula is C21H16ClN3OS2. The molecule has 1 aliphatic heterocycles. The summed E-state index contributed by atoms with van der Waals surface area (Å²) in [5.41, 5.74) is 2.47. The van der Waals surface area contributed by atoms with Crippen LogP contribution in [-0.4, -0.2) is 27.3 Å². The molecule has 0 N–H and O–H groups in total. The number of likely N-dealkylation sites (tertiary alicyclic amines) is 1. The van der Waals surface area contributed by atoms with Gasteiger partial charge in [-0.1, -0.05) is 35.9 Å². The largest absolute Gasteiger partial charge is 0.328 e. The maximum Gasteiger partial charge on any atom is 0.273 e. The highest BCUT2D eigenvalue weighted by Crippen LogP contribution is 2.37. The summed E-state index contributed by atoms with van der Waals surface area (Å²) in [7, 11) is 0. The predicted octanol–water partition coefficient (Wildman–Crippen LogP) is 6.05. The summed E-state index contributed by atoms with van der Waals surface area (Å²) in [6.07, 6.45) is 1.93. The number of thiazole rings is 2. The van der Waals surface area contributed by atoms with E-state index in [1.54, 1.807) is 11.3 Å². The van der Waals surface area contributed by atoms with E-state index in [9.17, 15) is 4.79 Å². The maximum atomic E-state index is 13.2. The van der Waals surface area contributed by atoms with E-state index in [4.69, 9.17) is 16.6 Å². The molecule has 3 heterocycles. The molecule has 0 radical (unpaired) electrons. The van der Waals surface area contributed by atoms with Crippen molar-refractivity contribution in [3.05, 3.63) is 69.6 Å². The Morgan fingerprint density at radius 3 is 2.75 bits per heavy atom. The van der Waals surface area contributed by atoms with Crippen LogP contribution in [0.15, 0.2) is 53.9 Å². The molecule has 7 heteroatoms. The fourth-order valence-electron chi connectivity index (χ4n) is 3.54. The minimum atomic E-state index is -0.0155. The Labute approximate surface area is 175 Å². The van der Waals surface area contributed by atoms with Gasteiger partial charge in [-0.3, -0.25) is 4.79 Å². The van der Waals surface area contributed by atoms with Crippen molar-refractivity contribution in [2.75, 3.05) is 6.54 Å². The highest BCUT2D eigenvalue weighted by Gasteiger charge is 2.33. The number of fused-ring (bicyclic) bond motifs is 1. The van der Waals surface area contributed by atoms with Gasteiger partial charge in [-0.2, -0.15) is 0 Å². The lowest BCUT2D eigenvalue weighted by atomic mass is 10.2. The number of carbonyl (C=O) groups is 1. The Morgan fingerprint density at radius 2 is 1.93 bits per heavy atom. The van der Waals surface area contributed by atoms with Gasteiger partial charge in [0.1, 0.15) is 15.7 Å². The van der Waals surface area contributed by atoms with Gasteiger partial charge in [0.15, 0.2) is 0 Å². The molecule has 1 aliphatic rings. The second-order valence-corrected chi connectivity index (χ2v) is 9.08. The van der Waals surface area contributed by atoms with Crippen LogP contribution in [0, 0.1) is 0 Å². The van der Waals surface area contributed by atoms with E-state index >= 15 is 0 Å². The van der Waals surface area contributed by atoms with Crippen molar-refractivity contribution in [3.63, 3.8) is 0 Å². The van der Waals surface area contributed by atoms with Gasteiger partial charge in [-0.05, 0) is 37.1 Å². The van der Waals surface area contributed by atoms with Crippen molar-refractivity contribution in [2.24, 2.45) is 0 Å².